The van der Waals surface area contributed by atoms with Crippen molar-refractivity contribution < 1.29 is 9.59 Å². The highest BCUT2D eigenvalue weighted by molar-refractivity contribution is 6.31. The summed E-state index contributed by atoms with van der Waals surface area (Å²) in [7, 11) is 0. The zero-order chi connectivity index (χ0) is 19.2. The SMILES string of the molecule is CCc1ccccc1NC(=O)c1cncc(C(=O)Nc2cccc(Cl)c2)c1. The van der Waals surface area contributed by atoms with E-state index in [9.17, 15) is 9.59 Å². The largest absolute Gasteiger partial charge is 0.322 e. The fraction of sp³-hybridized carbons (Fsp3) is 0.0952. The van der Waals surface area contributed by atoms with E-state index in [0.717, 1.165) is 17.7 Å². The number of anilines is 2. The number of aryl methyl sites for hydroxylation is 1. The highest BCUT2D eigenvalue weighted by atomic mass is 35.5. The van der Waals surface area contributed by atoms with Gasteiger partial charge in [0.2, 0.25) is 0 Å². The minimum absolute atomic E-state index is 0.284. The van der Waals surface area contributed by atoms with Gasteiger partial charge in [0.15, 0.2) is 0 Å². The van der Waals surface area contributed by atoms with Gasteiger partial charge >= 0.3 is 0 Å². The van der Waals surface area contributed by atoms with Crippen LogP contribution in [-0.2, 0) is 6.42 Å². The number of carbonyl (C=O) groups excluding carboxylic acids is 2. The lowest BCUT2D eigenvalue weighted by molar-refractivity contribution is 0.102. The number of amides is 2. The smallest absolute Gasteiger partial charge is 0.257 e. The molecule has 136 valence electrons. The Balaban J connectivity index is 1.76. The van der Waals surface area contributed by atoms with Crippen LogP contribution >= 0.6 is 11.6 Å². The Labute approximate surface area is 162 Å². The topological polar surface area (TPSA) is 71.1 Å². The van der Waals surface area contributed by atoms with Crippen LogP contribution in [0.5, 0.6) is 0 Å². The number of halogens is 1. The summed E-state index contributed by atoms with van der Waals surface area (Å²) in [6.07, 6.45) is 3.65. The number of benzene rings is 2. The van der Waals surface area contributed by atoms with Gasteiger partial charge in [-0.1, -0.05) is 42.8 Å². The first-order valence-electron chi connectivity index (χ1n) is 8.48. The molecule has 0 bridgehead atoms. The van der Waals surface area contributed by atoms with Gasteiger partial charge in [-0.15, -0.1) is 0 Å². The summed E-state index contributed by atoms with van der Waals surface area (Å²) in [6.45, 7) is 2.02. The summed E-state index contributed by atoms with van der Waals surface area (Å²) in [6, 6.07) is 15.9. The molecule has 2 amide bonds. The minimum atomic E-state index is -0.367. The molecule has 0 spiro atoms. The molecule has 0 radical (unpaired) electrons. The lowest BCUT2D eigenvalue weighted by Gasteiger charge is -2.10. The number of para-hydroxylation sites is 1. The van der Waals surface area contributed by atoms with Crippen molar-refractivity contribution >= 4 is 34.8 Å². The van der Waals surface area contributed by atoms with Crippen LogP contribution in [-0.4, -0.2) is 16.8 Å². The second-order valence-corrected chi connectivity index (χ2v) is 6.33. The van der Waals surface area contributed by atoms with Crippen LogP contribution in [0.3, 0.4) is 0 Å². The standard InChI is InChI=1S/C21H18ClN3O2/c1-2-14-6-3-4-9-19(14)25-21(27)16-10-15(12-23-13-16)20(26)24-18-8-5-7-17(22)11-18/h3-13H,2H2,1H3,(H,24,26)(H,25,27). The van der Waals surface area contributed by atoms with Crippen molar-refractivity contribution in [2.24, 2.45) is 0 Å². The van der Waals surface area contributed by atoms with Gasteiger partial charge < -0.3 is 10.6 Å². The maximum atomic E-state index is 12.6. The predicted molar refractivity (Wildman–Crippen MR) is 107 cm³/mol. The summed E-state index contributed by atoms with van der Waals surface area (Å²) in [4.78, 5) is 29.0. The molecule has 0 unspecified atom stereocenters. The molecule has 1 heterocycles. The zero-order valence-electron chi connectivity index (χ0n) is 14.7. The molecule has 0 saturated carbocycles. The second kappa shape index (κ2) is 8.47. The summed E-state index contributed by atoms with van der Waals surface area (Å²) in [5.41, 5.74) is 2.94. The van der Waals surface area contributed by atoms with Crippen LogP contribution in [0.25, 0.3) is 0 Å². The average Bonchev–Trinajstić information content (AvgIpc) is 2.68. The Morgan fingerprint density at radius 1 is 0.926 bits per heavy atom. The third-order valence-electron chi connectivity index (χ3n) is 3.99. The fourth-order valence-electron chi connectivity index (χ4n) is 2.60. The molecular weight excluding hydrogens is 362 g/mol. The highest BCUT2D eigenvalue weighted by Gasteiger charge is 2.13. The zero-order valence-corrected chi connectivity index (χ0v) is 15.5. The van der Waals surface area contributed by atoms with Crippen molar-refractivity contribution in [2.45, 2.75) is 13.3 Å². The summed E-state index contributed by atoms with van der Waals surface area (Å²) in [5, 5.41) is 6.13. The summed E-state index contributed by atoms with van der Waals surface area (Å²) < 4.78 is 0. The lowest BCUT2D eigenvalue weighted by Crippen LogP contribution is -2.16. The Hall–Kier alpha value is -3.18. The number of aromatic nitrogens is 1. The molecule has 1 aromatic heterocycles. The number of pyridine rings is 1. The molecule has 5 nitrogen and oxygen atoms in total. The molecule has 0 aliphatic heterocycles. The maximum Gasteiger partial charge on any atom is 0.257 e. The van der Waals surface area contributed by atoms with Crippen LogP contribution in [0.2, 0.25) is 5.02 Å². The van der Waals surface area contributed by atoms with Crippen LogP contribution in [0.4, 0.5) is 11.4 Å². The molecule has 3 rings (SSSR count). The molecule has 0 fully saturated rings. The molecular formula is C21H18ClN3O2. The third-order valence-corrected chi connectivity index (χ3v) is 4.23. The van der Waals surface area contributed by atoms with Gasteiger partial charge in [-0.2, -0.15) is 0 Å². The van der Waals surface area contributed by atoms with Gasteiger partial charge in [0, 0.05) is 28.8 Å². The predicted octanol–water partition coefficient (Wildman–Crippen LogP) is 4.80. The fourth-order valence-corrected chi connectivity index (χ4v) is 2.79. The number of rotatable bonds is 5. The number of nitrogens with zero attached hydrogens (tertiary/aromatic N) is 1. The van der Waals surface area contributed by atoms with E-state index in [1.165, 1.54) is 18.5 Å². The summed E-state index contributed by atoms with van der Waals surface area (Å²) in [5.74, 6) is -0.686. The number of hydrogen-bond acceptors (Lipinski definition) is 3. The van der Waals surface area contributed by atoms with Gasteiger partial charge in [0.05, 0.1) is 11.1 Å². The number of hydrogen-bond donors (Lipinski definition) is 2. The molecule has 3 aromatic rings. The van der Waals surface area contributed by atoms with Crippen LogP contribution in [0.15, 0.2) is 67.0 Å². The first-order valence-corrected chi connectivity index (χ1v) is 8.86. The minimum Gasteiger partial charge on any atom is -0.322 e. The van der Waals surface area contributed by atoms with Gasteiger partial charge in [-0.25, -0.2) is 0 Å². The van der Waals surface area contributed by atoms with E-state index >= 15 is 0 Å². The molecule has 0 aliphatic carbocycles. The lowest BCUT2D eigenvalue weighted by atomic mass is 10.1. The average molecular weight is 380 g/mol. The van der Waals surface area contributed by atoms with Crippen molar-refractivity contribution in [1.82, 2.24) is 4.98 Å². The molecule has 27 heavy (non-hydrogen) atoms. The van der Waals surface area contributed by atoms with Crippen LogP contribution < -0.4 is 10.6 Å². The van der Waals surface area contributed by atoms with E-state index in [1.54, 1.807) is 24.3 Å². The summed E-state index contributed by atoms with van der Waals surface area (Å²) >= 11 is 5.93. The Bertz CT molecular complexity index is 988. The molecule has 0 saturated heterocycles. The third kappa shape index (κ3) is 4.71. The normalized spacial score (nSPS) is 10.3. The van der Waals surface area contributed by atoms with Crippen molar-refractivity contribution in [3.63, 3.8) is 0 Å². The van der Waals surface area contributed by atoms with E-state index in [1.807, 2.05) is 31.2 Å². The van der Waals surface area contributed by atoms with E-state index in [-0.39, 0.29) is 17.4 Å². The van der Waals surface area contributed by atoms with Gasteiger partial charge in [0.1, 0.15) is 0 Å². The van der Waals surface area contributed by atoms with Crippen molar-refractivity contribution in [2.75, 3.05) is 10.6 Å². The quantitative estimate of drug-likeness (QED) is 0.668. The van der Waals surface area contributed by atoms with Crippen LogP contribution in [0.1, 0.15) is 33.2 Å². The molecule has 2 aromatic carbocycles. The Kier molecular flexibility index (Phi) is 5.84. The highest BCUT2D eigenvalue weighted by Crippen LogP contribution is 2.18. The molecule has 2 N–H and O–H groups in total. The number of nitrogens with one attached hydrogen (secondary N) is 2. The van der Waals surface area contributed by atoms with Crippen molar-refractivity contribution in [3.8, 4) is 0 Å². The van der Waals surface area contributed by atoms with E-state index in [0.29, 0.717) is 16.3 Å². The van der Waals surface area contributed by atoms with Crippen molar-refractivity contribution in [3.05, 3.63) is 88.7 Å². The Morgan fingerprint density at radius 3 is 2.33 bits per heavy atom. The number of carbonyl (C=O) groups is 2. The van der Waals surface area contributed by atoms with Gasteiger partial charge in [-0.3, -0.25) is 14.6 Å². The van der Waals surface area contributed by atoms with Gasteiger partial charge in [-0.05, 0) is 42.3 Å². The first-order chi connectivity index (χ1) is 13.1. The Morgan fingerprint density at radius 2 is 1.63 bits per heavy atom. The van der Waals surface area contributed by atoms with Crippen molar-refractivity contribution in [1.29, 1.82) is 0 Å². The first kappa shape index (κ1) is 18.6. The second-order valence-electron chi connectivity index (χ2n) is 5.89. The van der Waals surface area contributed by atoms with Crippen LogP contribution in [0, 0.1) is 0 Å². The maximum absolute atomic E-state index is 12.6. The van der Waals surface area contributed by atoms with E-state index in [4.69, 9.17) is 11.6 Å². The monoisotopic (exact) mass is 379 g/mol. The molecule has 6 heteroatoms. The molecule has 0 atom stereocenters. The van der Waals surface area contributed by atoms with E-state index < -0.39 is 0 Å². The molecule has 0 aliphatic rings. The van der Waals surface area contributed by atoms with Gasteiger partial charge in [0.25, 0.3) is 11.8 Å². The van der Waals surface area contributed by atoms with E-state index in [2.05, 4.69) is 15.6 Å².